The molecule has 0 aromatic heterocycles. The van der Waals surface area contributed by atoms with Gasteiger partial charge in [0.1, 0.15) is 0 Å². The van der Waals surface area contributed by atoms with Gasteiger partial charge in [-0.1, -0.05) is 6.92 Å². The van der Waals surface area contributed by atoms with E-state index in [2.05, 4.69) is 5.73 Å². The van der Waals surface area contributed by atoms with Crippen LogP contribution in [0, 0.1) is 0 Å². The number of rotatable bonds is 4. The van der Waals surface area contributed by atoms with Crippen molar-refractivity contribution in [2.45, 2.75) is 31.6 Å². The van der Waals surface area contributed by atoms with Crippen LogP contribution in [-0.4, -0.2) is 18.4 Å². The summed E-state index contributed by atoms with van der Waals surface area (Å²) in [6.07, 6.45) is -2.03. The van der Waals surface area contributed by atoms with Crippen LogP contribution in [0.25, 0.3) is 0 Å². The van der Waals surface area contributed by atoms with E-state index in [1.54, 1.807) is 0 Å². The van der Waals surface area contributed by atoms with Crippen molar-refractivity contribution >= 4 is 0 Å². The molecule has 68 valence electrons. The largest absolute Gasteiger partial charge is 0.325 e. The fourth-order valence-corrected chi connectivity index (χ4v) is 0.576. The molecule has 0 aliphatic rings. The van der Waals surface area contributed by atoms with E-state index >= 15 is 0 Å². The molecular weight excluding hydrogens is 162 g/mol. The fourth-order valence-electron chi connectivity index (χ4n) is 0.576. The van der Waals surface area contributed by atoms with Crippen LogP contribution in [0.2, 0.25) is 0 Å². The van der Waals surface area contributed by atoms with Crippen LogP contribution in [0.4, 0.5) is 17.6 Å². The van der Waals surface area contributed by atoms with Gasteiger partial charge in [-0.05, 0) is 0 Å². The summed E-state index contributed by atoms with van der Waals surface area (Å²) in [4.78, 5) is 0. The third-order valence-electron chi connectivity index (χ3n) is 1.33. The molecule has 0 saturated carbocycles. The maximum absolute atomic E-state index is 12.3. The van der Waals surface area contributed by atoms with Crippen LogP contribution in [0.5, 0.6) is 0 Å². The second kappa shape index (κ2) is 3.38. The molecule has 0 aromatic rings. The van der Waals surface area contributed by atoms with E-state index in [-0.39, 0.29) is 0 Å². The van der Waals surface area contributed by atoms with Gasteiger partial charge in [0.2, 0.25) is 0 Å². The first-order chi connectivity index (χ1) is 4.83. The van der Waals surface area contributed by atoms with Gasteiger partial charge in [0.05, 0.1) is 13.0 Å². The van der Waals surface area contributed by atoms with Crippen molar-refractivity contribution in [1.82, 2.24) is 0 Å². The Bertz CT molecular complexity index is 110. The summed E-state index contributed by atoms with van der Waals surface area (Å²) in [6, 6.07) is 0. The van der Waals surface area contributed by atoms with Crippen LogP contribution < -0.4 is 5.73 Å². The average Bonchev–Trinajstić information content (AvgIpc) is 1.86. The molecule has 5 heteroatoms. The molecule has 0 aliphatic heterocycles. The number of hydrogen-bond acceptors (Lipinski definition) is 1. The van der Waals surface area contributed by atoms with Gasteiger partial charge >= 0.3 is 0 Å². The summed E-state index contributed by atoms with van der Waals surface area (Å²) in [7, 11) is 0. The van der Waals surface area contributed by atoms with Crippen LogP contribution in [-0.2, 0) is 0 Å². The molecule has 0 rings (SSSR count). The van der Waals surface area contributed by atoms with Crippen LogP contribution in [0.3, 0.4) is 0 Å². The van der Waals surface area contributed by atoms with Crippen LogP contribution in [0.15, 0.2) is 0 Å². The topological polar surface area (TPSA) is 26.0 Å². The highest BCUT2D eigenvalue weighted by atomic mass is 19.3. The summed E-state index contributed by atoms with van der Waals surface area (Å²) >= 11 is 0. The Kier molecular flexibility index (Phi) is 3.29. The highest BCUT2D eigenvalue weighted by Gasteiger charge is 2.40. The van der Waals surface area contributed by atoms with E-state index in [9.17, 15) is 17.6 Å². The monoisotopic (exact) mass is 173 g/mol. The predicted molar refractivity (Wildman–Crippen MR) is 33.9 cm³/mol. The Balaban J connectivity index is 4.02. The smallest absolute Gasteiger partial charge is 0.265 e. The van der Waals surface area contributed by atoms with Crippen molar-refractivity contribution in [3.05, 3.63) is 0 Å². The minimum atomic E-state index is -3.44. The molecule has 1 nitrogen and oxygen atoms in total. The highest BCUT2D eigenvalue weighted by molar-refractivity contribution is 4.76. The first-order valence-electron chi connectivity index (χ1n) is 3.29. The lowest BCUT2D eigenvalue weighted by Crippen LogP contribution is -2.35. The van der Waals surface area contributed by atoms with Gasteiger partial charge < -0.3 is 5.73 Å². The zero-order valence-corrected chi connectivity index (χ0v) is 6.21. The summed E-state index contributed by atoms with van der Waals surface area (Å²) < 4.78 is 49.1. The summed E-state index contributed by atoms with van der Waals surface area (Å²) in [6.45, 7) is 0.134. The lowest BCUT2D eigenvalue weighted by atomic mass is 10.1. The van der Waals surface area contributed by atoms with E-state index in [4.69, 9.17) is 0 Å². The van der Waals surface area contributed by atoms with Gasteiger partial charge in [-0.15, -0.1) is 0 Å². The Morgan fingerprint density at radius 1 is 1.09 bits per heavy atom. The predicted octanol–water partition coefficient (Wildman–Crippen LogP) is 2.02. The summed E-state index contributed by atoms with van der Waals surface area (Å²) in [5.74, 6) is -6.75. The minimum absolute atomic E-state index is 0.581. The average molecular weight is 173 g/mol. The van der Waals surface area contributed by atoms with E-state index < -0.39 is 31.2 Å². The third kappa shape index (κ3) is 4.19. The number of halogens is 4. The molecule has 0 unspecified atom stereocenters. The van der Waals surface area contributed by atoms with E-state index in [0.717, 1.165) is 6.92 Å². The minimum Gasteiger partial charge on any atom is -0.325 e. The molecule has 0 aliphatic carbocycles. The first-order valence-corrected chi connectivity index (χ1v) is 3.29. The van der Waals surface area contributed by atoms with E-state index in [1.807, 2.05) is 0 Å². The van der Waals surface area contributed by atoms with Gasteiger partial charge in [-0.25, -0.2) is 17.6 Å². The Morgan fingerprint density at radius 2 is 1.55 bits per heavy atom. The molecule has 0 radical (unpaired) electrons. The maximum atomic E-state index is 12.3. The third-order valence-corrected chi connectivity index (χ3v) is 1.33. The maximum Gasteiger partial charge on any atom is 0.265 e. The van der Waals surface area contributed by atoms with Gasteiger partial charge in [-0.2, -0.15) is 0 Å². The Hall–Kier alpha value is -0.320. The standard InChI is InChI=1S/C6H11F4N/c1-2-5(7,8)3-6(9,10)4-11/h2-4,11H2,1H3. The number of nitrogens with two attached hydrogens (primary N) is 1. The zero-order valence-electron chi connectivity index (χ0n) is 6.21. The molecule has 11 heavy (non-hydrogen) atoms. The molecule has 0 aromatic carbocycles. The SMILES string of the molecule is CCC(F)(F)CC(F)(F)CN. The Labute approximate surface area is 62.6 Å². The van der Waals surface area contributed by atoms with Crippen molar-refractivity contribution < 1.29 is 17.6 Å². The second-order valence-corrected chi connectivity index (χ2v) is 2.45. The molecule has 0 saturated heterocycles. The van der Waals surface area contributed by atoms with Gasteiger partial charge in [0.25, 0.3) is 11.8 Å². The summed E-state index contributed by atoms with van der Waals surface area (Å²) in [5, 5.41) is 0. The van der Waals surface area contributed by atoms with Crippen molar-refractivity contribution in [1.29, 1.82) is 0 Å². The van der Waals surface area contributed by atoms with Crippen molar-refractivity contribution in [2.24, 2.45) is 5.73 Å². The molecule has 0 amide bonds. The molecule has 0 bridgehead atoms. The normalized spacial score (nSPS) is 13.6. The molecular formula is C6H11F4N. The van der Waals surface area contributed by atoms with Crippen molar-refractivity contribution in [3.8, 4) is 0 Å². The molecule has 0 spiro atoms. The lowest BCUT2D eigenvalue weighted by molar-refractivity contribution is -0.106. The van der Waals surface area contributed by atoms with Crippen LogP contribution >= 0.6 is 0 Å². The van der Waals surface area contributed by atoms with Gasteiger partial charge in [-0.3, -0.25) is 0 Å². The van der Waals surface area contributed by atoms with Gasteiger partial charge in [0.15, 0.2) is 0 Å². The lowest BCUT2D eigenvalue weighted by Gasteiger charge is -2.20. The number of alkyl halides is 4. The fraction of sp³-hybridized carbons (Fsp3) is 1.00. The zero-order chi connectivity index (χ0) is 9.12. The molecule has 0 fully saturated rings. The van der Waals surface area contributed by atoms with Crippen molar-refractivity contribution in [3.63, 3.8) is 0 Å². The van der Waals surface area contributed by atoms with E-state index in [1.165, 1.54) is 0 Å². The highest BCUT2D eigenvalue weighted by Crippen LogP contribution is 2.31. The first kappa shape index (κ1) is 10.7. The quantitative estimate of drug-likeness (QED) is 0.646. The molecule has 2 N–H and O–H groups in total. The second-order valence-electron chi connectivity index (χ2n) is 2.45. The van der Waals surface area contributed by atoms with Crippen LogP contribution in [0.1, 0.15) is 19.8 Å². The molecule has 0 atom stereocenters. The van der Waals surface area contributed by atoms with Gasteiger partial charge in [0, 0.05) is 6.42 Å². The molecule has 0 heterocycles. The summed E-state index contributed by atoms with van der Waals surface area (Å²) in [5.41, 5.74) is 4.58. The number of hydrogen-bond donors (Lipinski definition) is 1. The van der Waals surface area contributed by atoms with E-state index in [0.29, 0.717) is 0 Å². The van der Waals surface area contributed by atoms with Crippen molar-refractivity contribution in [2.75, 3.05) is 6.54 Å². The Morgan fingerprint density at radius 3 is 1.82 bits per heavy atom.